The fourth-order valence-electron chi connectivity index (χ4n) is 1.95. The number of nitrogens with two attached hydrogens (primary N) is 1. The van der Waals surface area contributed by atoms with Crippen LogP contribution in [0.5, 0.6) is 0 Å². The first-order valence-corrected chi connectivity index (χ1v) is 8.82. The van der Waals surface area contributed by atoms with Crippen molar-refractivity contribution in [2.24, 2.45) is 5.73 Å². The highest BCUT2D eigenvalue weighted by Crippen LogP contribution is 2.11. The Morgan fingerprint density at radius 2 is 1.71 bits per heavy atom. The van der Waals surface area contributed by atoms with Gasteiger partial charge in [0.25, 0.3) is 10.0 Å². The molecule has 0 atom stereocenters. The molecule has 1 aromatic rings. The van der Waals surface area contributed by atoms with Gasteiger partial charge in [0.2, 0.25) is 5.91 Å². The van der Waals surface area contributed by atoms with Crippen molar-refractivity contribution in [2.75, 3.05) is 0 Å². The van der Waals surface area contributed by atoms with Crippen LogP contribution < -0.4 is 10.5 Å². The Labute approximate surface area is 127 Å². The number of hydrogen-bond donors (Lipinski definition) is 2. The predicted octanol–water partition coefficient (Wildman–Crippen LogP) is 2.31. The Kier molecular flexibility index (Phi) is 7.39. The van der Waals surface area contributed by atoms with Crippen LogP contribution in [0.4, 0.5) is 0 Å². The number of sulfonamides is 1. The van der Waals surface area contributed by atoms with E-state index in [-0.39, 0.29) is 11.3 Å². The molecule has 0 aliphatic heterocycles. The third-order valence-corrected chi connectivity index (χ3v) is 4.61. The van der Waals surface area contributed by atoms with Crippen molar-refractivity contribution in [3.63, 3.8) is 0 Å². The van der Waals surface area contributed by atoms with Crippen molar-refractivity contribution in [3.05, 3.63) is 29.8 Å². The van der Waals surface area contributed by atoms with E-state index >= 15 is 0 Å². The molecule has 0 aliphatic rings. The first-order valence-electron chi connectivity index (χ1n) is 7.34. The van der Waals surface area contributed by atoms with Crippen molar-refractivity contribution < 1.29 is 13.2 Å². The molecule has 1 amide bonds. The summed E-state index contributed by atoms with van der Waals surface area (Å²) in [5.74, 6) is -0.450. The van der Waals surface area contributed by atoms with Gasteiger partial charge in [-0.3, -0.25) is 4.79 Å². The molecule has 1 rings (SSSR count). The zero-order chi connectivity index (χ0) is 15.7. The Hall–Kier alpha value is -1.40. The fraction of sp³-hybridized carbons (Fsp3) is 0.533. The summed E-state index contributed by atoms with van der Waals surface area (Å²) in [6.07, 6.45) is 5.27. The van der Waals surface area contributed by atoms with E-state index in [0.29, 0.717) is 13.0 Å². The number of nitrogens with one attached hydrogen (secondary N) is 1. The second-order valence-electron chi connectivity index (χ2n) is 5.04. The van der Waals surface area contributed by atoms with Crippen LogP contribution in [0.25, 0.3) is 0 Å². The molecular formula is C15H24N2O3S. The smallest absolute Gasteiger partial charge is 0.264 e. The number of carbonyl (C=O) groups excluding carboxylic acids is 1. The van der Waals surface area contributed by atoms with Crippen LogP contribution in [0.15, 0.2) is 29.2 Å². The fourth-order valence-corrected chi connectivity index (χ4v) is 2.97. The number of unbranched alkanes of at least 4 members (excludes halogenated alkanes) is 4. The summed E-state index contributed by atoms with van der Waals surface area (Å²) in [6.45, 7) is 2.47. The molecule has 0 saturated heterocycles. The molecule has 0 radical (unpaired) electrons. The van der Waals surface area contributed by atoms with E-state index in [1.807, 2.05) is 0 Å². The Bertz CT molecular complexity index is 539. The second-order valence-corrected chi connectivity index (χ2v) is 6.72. The summed E-state index contributed by atoms with van der Waals surface area (Å²) in [4.78, 5) is 11.8. The van der Waals surface area contributed by atoms with Gasteiger partial charge in [0.05, 0.1) is 4.90 Å². The molecular weight excluding hydrogens is 288 g/mol. The summed E-state index contributed by atoms with van der Waals surface area (Å²) >= 11 is 0. The largest absolute Gasteiger partial charge is 0.326 e. The molecule has 118 valence electrons. The van der Waals surface area contributed by atoms with Crippen molar-refractivity contribution in [1.29, 1.82) is 0 Å². The van der Waals surface area contributed by atoms with E-state index < -0.39 is 15.9 Å². The topological polar surface area (TPSA) is 89.3 Å². The zero-order valence-corrected chi connectivity index (χ0v) is 13.3. The zero-order valence-electron chi connectivity index (χ0n) is 12.5. The predicted molar refractivity (Wildman–Crippen MR) is 83.0 cm³/mol. The Morgan fingerprint density at radius 1 is 1.10 bits per heavy atom. The number of amides is 1. The number of rotatable bonds is 9. The van der Waals surface area contributed by atoms with Gasteiger partial charge in [-0.2, -0.15) is 0 Å². The van der Waals surface area contributed by atoms with E-state index in [1.54, 1.807) is 12.1 Å². The average molecular weight is 312 g/mol. The standard InChI is InChI=1S/C15H24N2O3S/c1-2-3-4-5-6-7-15(18)17-21(19,20)14-10-8-13(12-16)9-11-14/h8-11H,2-7,12,16H2,1H3,(H,17,18). The highest BCUT2D eigenvalue weighted by Gasteiger charge is 2.16. The van der Waals surface area contributed by atoms with Gasteiger partial charge < -0.3 is 5.73 Å². The minimum Gasteiger partial charge on any atom is -0.326 e. The van der Waals surface area contributed by atoms with E-state index in [4.69, 9.17) is 5.73 Å². The quantitative estimate of drug-likeness (QED) is 0.685. The molecule has 0 bridgehead atoms. The van der Waals surface area contributed by atoms with Crippen molar-refractivity contribution in [2.45, 2.75) is 56.9 Å². The molecule has 0 spiro atoms. The van der Waals surface area contributed by atoms with E-state index in [1.165, 1.54) is 12.1 Å². The van der Waals surface area contributed by atoms with E-state index in [2.05, 4.69) is 11.6 Å². The first kappa shape index (κ1) is 17.7. The van der Waals surface area contributed by atoms with E-state index in [0.717, 1.165) is 31.2 Å². The first-order chi connectivity index (χ1) is 9.99. The maximum atomic E-state index is 12.0. The number of carbonyl (C=O) groups is 1. The SMILES string of the molecule is CCCCCCCC(=O)NS(=O)(=O)c1ccc(CN)cc1. The average Bonchev–Trinajstić information content (AvgIpc) is 2.46. The van der Waals surface area contributed by atoms with Gasteiger partial charge >= 0.3 is 0 Å². The molecule has 0 aliphatic carbocycles. The van der Waals surface area contributed by atoms with Gasteiger partial charge in [0.15, 0.2) is 0 Å². The van der Waals surface area contributed by atoms with Crippen LogP contribution in [0.1, 0.15) is 51.0 Å². The third-order valence-electron chi connectivity index (χ3n) is 3.22. The molecule has 21 heavy (non-hydrogen) atoms. The van der Waals surface area contributed by atoms with Crippen LogP contribution in [0, 0.1) is 0 Å². The highest BCUT2D eigenvalue weighted by molar-refractivity contribution is 7.90. The van der Waals surface area contributed by atoms with Crippen LogP contribution in [0.3, 0.4) is 0 Å². The Balaban J connectivity index is 2.49. The molecule has 0 heterocycles. The molecule has 5 nitrogen and oxygen atoms in total. The normalized spacial score (nSPS) is 11.3. The van der Waals surface area contributed by atoms with Crippen LogP contribution in [-0.4, -0.2) is 14.3 Å². The van der Waals surface area contributed by atoms with Gasteiger partial charge in [-0.05, 0) is 24.1 Å². The molecule has 0 saturated carbocycles. The van der Waals surface area contributed by atoms with Gasteiger partial charge in [-0.15, -0.1) is 0 Å². The van der Waals surface area contributed by atoms with Crippen LogP contribution in [-0.2, 0) is 21.4 Å². The summed E-state index contributed by atoms with van der Waals surface area (Å²) in [6, 6.07) is 6.20. The Morgan fingerprint density at radius 3 is 2.29 bits per heavy atom. The lowest BCUT2D eigenvalue weighted by molar-refractivity contribution is -0.119. The summed E-state index contributed by atoms with van der Waals surface area (Å²) in [5.41, 5.74) is 6.30. The lowest BCUT2D eigenvalue weighted by Gasteiger charge is -2.07. The van der Waals surface area contributed by atoms with Gasteiger partial charge in [-0.1, -0.05) is 44.7 Å². The molecule has 3 N–H and O–H groups in total. The number of benzene rings is 1. The van der Waals surface area contributed by atoms with E-state index in [9.17, 15) is 13.2 Å². The highest BCUT2D eigenvalue weighted by atomic mass is 32.2. The van der Waals surface area contributed by atoms with Crippen molar-refractivity contribution >= 4 is 15.9 Å². The lowest BCUT2D eigenvalue weighted by Crippen LogP contribution is -2.30. The molecule has 0 unspecified atom stereocenters. The maximum Gasteiger partial charge on any atom is 0.264 e. The third kappa shape index (κ3) is 6.27. The monoisotopic (exact) mass is 312 g/mol. The summed E-state index contributed by atoms with van der Waals surface area (Å²) in [5, 5.41) is 0. The van der Waals surface area contributed by atoms with Crippen LogP contribution in [0.2, 0.25) is 0 Å². The summed E-state index contributed by atoms with van der Waals surface area (Å²) < 4.78 is 26.1. The second kappa shape index (κ2) is 8.79. The molecule has 1 aromatic carbocycles. The number of hydrogen-bond acceptors (Lipinski definition) is 4. The van der Waals surface area contributed by atoms with Gasteiger partial charge in [0, 0.05) is 13.0 Å². The molecule has 0 fully saturated rings. The van der Waals surface area contributed by atoms with Gasteiger partial charge in [0.1, 0.15) is 0 Å². The van der Waals surface area contributed by atoms with Crippen molar-refractivity contribution in [1.82, 2.24) is 4.72 Å². The maximum absolute atomic E-state index is 12.0. The minimum atomic E-state index is -3.77. The summed E-state index contributed by atoms with van der Waals surface area (Å²) in [7, 11) is -3.77. The lowest BCUT2D eigenvalue weighted by atomic mass is 10.1. The molecule has 0 aromatic heterocycles. The molecule has 6 heteroatoms. The van der Waals surface area contributed by atoms with Gasteiger partial charge in [-0.25, -0.2) is 13.1 Å². The minimum absolute atomic E-state index is 0.0824. The van der Waals surface area contributed by atoms with Crippen LogP contribution >= 0.6 is 0 Å². The van der Waals surface area contributed by atoms with Crippen molar-refractivity contribution in [3.8, 4) is 0 Å².